The first-order valence-electron chi connectivity index (χ1n) is 5.74. The number of thiazole rings is 1. The molecule has 2 heterocycles. The minimum absolute atomic E-state index is 0.198. The highest BCUT2D eigenvalue weighted by molar-refractivity contribution is 7.80. The number of anilines is 2. The van der Waals surface area contributed by atoms with Gasteiger partial charge in [-0.2, -0.15) is 0 Å². The van der Waals surface area contributed by atoms with E-state index in [9.17, 15) is 5.11 Å². The van der Waals surface area contributed by atoms with Gasteiger partial charge in [0.2, 0.25) is 0 Å². The van der Waals surface area contributed by atoms with E-state index in [4.69, 9.17) is 12.2 Å². The Morgan fingerprint density at radius 3 is 2.30 bits per heavy atom. The molecule has 0 amide bonds. The number of aromatic nitrogens is 1. The van der Waals surface area contributed by atoms with Crippen molar-refractivity contribution in [2.24, 2.45) is 0 Å². The summed E-state index contributed by atoms with van der Waals surface area (Å²) in [5.74, 6) is 0. The van der Waals surface area contributed by atoms with Gasteiger partial charge >= 0.3 is 0 Å². The van der Waals surface area contributed by atoms with Crippen LogP contribution in [0.2, 0.25) is 0 Å². The lowest BCUT2D eigenvalue weighted by Crippen LogP contribution is -2.22. The molecule has 6 heteroatoms. The van der Waals surface area contributed by atoms with E-state index in [0.29, 0.717) is 5.13 Å². The molecule has 1 aromatic carbocycles. The monoisotopic (exact) mass is 304 g/mol. The summed E-state index contributed by atoms with van der Waals surface area (Å²) in [5.41, 5.74) is 0.806. The van der Waals surface area contributed by atoms with Crippen molar-refractivity contribution in [1.29, 1.82) is 0 Å². The molecule has 0 atom stereocenters. The standard InChI is InChI=1S/C10H8N2OS2.C4H4O/c13-10(14)12(9-11-6-7-15-9)8-4-2-1-3-5-8;1-2-4-5-3-1/h1-7H,(H,13,14);1-4H. The fraction of sp³-hybridized carbons (Fsp3) is 0. The summed E-state index contributed by atoms with van der Waals surface area (Å²) in [6.07, 6.45) is 4.92. The topological polar surface area (TPSA) is 49.5 Å². The van der Waals surface area contributed by atoms with Crippen LogP contribution in [-0.2, 0) is 0 Å². The number of rotatable bonds is 2. The first kappa shape index (κ1) is 14.2. The maximum Gasteiger partial charge on any atom is 0.267 e. The predicted molar refractivity (Wildman–Crippen MR) is 84.6 cm³/mol. The molecular formula is C14H12N2O2S2. The lowest BCUT2D eigenvalue weighted by Gasteiger charge is -2.17. The Kier molecular flexibility index (Phi) is 5.28. The molecule has 0 saturated heterocycles. The number of thiocarbonyl (C=S) groups is 1. The van der Waals surface area contributed by atoms with Crippen LogP contribution in [0.3, 0.4) is 0 Å². The molecule has 0 bridgehead atoms. The Balaban J connectivity index is 0.000000247. The molecule has 0 radical (unpaired) electrons. The number of hydrogen-bond acceptors (Lipinski definition) is 4. The number of nitrogens with zero attached hydrogens (tertiary/aromatic N) is 2. The van der Waals surface area contributed by atoms with Crippen LogP contribution < -0.4 is 4.90 Å². The summed E-state index contributed by atoms with van der Waals surface area (Å²) in [5, 5.41) is 11.8. The minimum Gasteiger partial charge on any atom is -0.486 e. The average molecular weight is 304 g/mol. The van der Waals surface area contributed by atoms with E-state index in [1.165, 1.54) is 16.2 Å². The molecule has 0 fully saturated rings. The van der Waals surface area contributed by atoms with Gasteiger partial charge in [0.1, 0.15) is 0 Å². The Labute approximate surface area is 125 Å². The smallest absolute Gasteiger partial charge is 0.267 e. The predicted octanol–water partition coefficient (Wildman–Crippen LogP) is 4.40. The molecule has 1 N–H and O–H groups in total. The summed E-state index contributed by atoms with van der Waals surface area (Å²) in [4.78, 5) is 5.64. The van der Waals surface area contributed by atoms with E-state index in [1.54, 1.807) is 18.7 Å². The van der Waals surface area contributed by atoms with Gasteiger partial charge in [0.05, 0.1) is 18.2 Å². The molecular weight excluding hydrogens is 292 g/mol. The van der Waals surface area contributed by atoms with Crippen LogP contribution in [0, 0.1) is 0 Å². The number of hydrogen-bond donors (Lipinski definition) is 1. The molecule has 0 aliphatic heterocycles. The zero-order chi connectivity index (χ0) is 14.2. The second-order valence-electron chi connectivity index (χ2n) is 3.56. The zero-order valence-corrected chi connectivity index (χ0v) is 12.1. The second kappa shape index (κ2) is 7.42. The van der Waals surface area contributed by atoms with Crippen molar-refractivity contribution in [3.05, 3.63) is 66.6 Å². The summed E-state index contributed by atoms with van der Waals surface area (Å²) < 4.78 is 4.58. The SMILES string of the molecule is OC(=S)N(c1ccccc1)c1nccs1.c1ccoc1. The van der Waals surface area contributed by atoms with Gasteiger partial charge in [-0.15, -0.1) is 11.3 Å². The maximum atomic E-state index is 9.46. The lowest BCUT2D eigenvalue weighted by atomic mass is 10.3. The van der Waals surface area contributed by atoms with Crippen molar-refractivity contribution in [3.8, 4) is 0 Å². The van der Waals surface area contributed by atoms with Gasteiger partial charge in [-0.05, 0) is 36.5 Å². The van der Waals surface area contributed by atoms with Crippen LogP contribution in [0.5, 0.6) is 0 Å². The minimum atomic E-state index is -0.198. The van der Waals surface area contributed by atoms with Crippen molar-refractivity contribution in [2.75, 3.05) is 4.90 Å². The highest BCUT2D eigenvalue weighted by atomic mass is 32.1. The van der Waals surface area contributed by atoms with Gasteiger partial charge in [-0.3, -0.25) is 0 Å². The highest BCUT2D eigenvalue weighted by Crippen LogP contribution is 2.26. The fourth-order valence-electron chi connectivity index (χ4n) is 1.43. The van der Waals surface area contributed by atoms with Gasteiger partial charge in [0.15, 0.2) is 5.13 Å². The van der Waals surface area contributed by atoms with E-state index in [2.05, 4.69) is 9.40 Å². The molecule has 0 aliphatic carbocycles. The number of benzene rings is 1. The van der Waals surface area contributed by atoms with E-state index in [1.807, 2.05) is 47.8 Å². The van der Waals surface area contributed by atoms with Crippen LogP contribution in [-0.4, -0.2) is 15.3 Å². The van der Waals surface area contributed by atoms with Crippen LogP contribution in [0.25, 0.3) is 0 Å². The number of aliphatic hydroxyl groups excluding tert-OH is 1. The quantitative estimate of drug-likeness (QED) is 0.711. The zero-order valence-electron chi connectivity index (χ0n) is 10.4. The summed E-state index contributed by atoms with van der Waals surface area (Å²) in [7, 11) is 0. The molecule has 3 aromatic rings. The summed E-state index contributed by atoms with van der Waals surface area (Å²) in [6, 6.07) is 13.1. The van der Waals surface area contributed by atoms with E-state index in [-0.39, 0.29) is 5.17 Å². The van der Waals surface area contributed by atoms with Crippen molar-refractivity contribution in [3.63, 3.8) is 0 Å². The van der Waals surface area contributed by atoms with Gasteiger partial charge in [0, 0.05) is 11.6 Å². The highest BCUT2D eigenvalue weighted by Gasteiger charge is 2.15. The van der Waals surface area contributed by atoms with Crippen molar-refractivity contribution < 1.29 is 9.52 Å². The van der Waals surface area contributed by atoms with Crippen molar-refractivity contribution in [2.45, 2.75) is 0 Å². The Morgan fingerprint density at radius 2 is 1.85 bits per heavy atom. The van der Waals surface area contributed by atoms with E-state index in [0.717, 1.165) is 5.69 Å². The summed E-state index contributed by atoms with van der Waals surface area (Å²) >= 11 is 6.22. The van der Waals surface area contributed by atoms with Crippen LogP contribution >= 0.6 is 23.6 Å². The first-order chi connectivity index (χ1) is 9.79. The first-order valence-corrected chi connectivity index (χ1v) is 7.02. The number of furan rings is 1. The van der Waals surface area contributed by atoms with Crippen LogP contribution in [0.15, 0.2) is 71.0 Å². The van der Waals surface area contributed by atoms with Gasteiger partial charge in [-0.25, -0.2) is 9.88 Å². The molecule has 0 saturated carbocycles. The normalized spacial score (nSPS) is 9.40. The van der Waals surface area contributed by atoms with Crippen molar-refractivity contribution >= 4 is 39.5 Å². The van der Waals surface area contributed by atoms with Crippen LogP contribution in [0.1, 0.15) is 0 Å². The van der Waals surface area contributed by atoms with E-state index < -0.39 is 0 Å². The second-order valence-corrected chi connectivity index (χ2v) is 4.80. The molecule has 0 spiro atoms. The van der Waals surface area contributed by atoms with Crippen molar-refractivity contribution in [1.82, 2.24) is 4.98 Å². The third kappa shape index (κ3) is 3.91. The number of aliphatic hydroxyl groups is 1. The van der Waals surface area contributed by atoms with Gasteiger partial charge in [0.25, 0.3) is 5.17 Å². The molecule has 3 rings (SSSR count). The summed E-state index contributed by atoms with van der Waals surface area (Å²) in [6.45, 7) is 0. The third-order valence-electron chi connectivity index (χ3n) is 2.24. The van der Waals surface area contributed by atoms with Gasteiger partial charge < -0.3 is 9.52 Å². The number of para-hydroxylation sites is 1. The molecule has 4 nitrogen and oxygen atoms in total. The van der Waals surface area contributed by atoms with E-state index >= 15 is 0 Å². The molecule has 20 heavy (non-hydrogen) atoms. The maximum absolute atomic E-state index is 9.46. The molecule has 102 valence electrons. The lowest BCUT2D eigenvalue weighted by molar-refractivity contribution is 0.557. The largest absolute Gasteiger partial charge is 0.486 e. The molecule has 0 aliphatic rings. The average Bonchev–Trinajstić information content (AvgIpc) is 3.16. The Morgan fingerprint density at radius 1 is 1.15 bits per heavy atom. The molecule has 0 unspecified atom stereocenters. The Bertz CT molecular complexity index is 593. The fourth-order valence-corrected chi connectivity index (χ4v) is 2.35. The van der Waals surface area contributed by atoms with Gasteiger partial charge in [-0.1, -0.05) is 18.2 Å². The van der Waals surface area contributed by atoms with Crippen LogP contribution in [0.4, 0.5) is 10.8 Å². The Hall–Kier alpha value is -2.18. The molecule has 2 aromatic heterocycles. The third-order valence-corrected chi connectivity index (χ3v) is 3.18.